The highest BCUT2D eigenvalue weighted by atomic mass is 35.5. The first-order chi connectivity index (χ1) is 6.80. The van der Waals surface area contributed by atoms with Crippen molar-refractivity contribution in [2.75, 3.05) is 0 Å². The fourth-order valence-corrected chi connectivity index (χ4v) is 1.27. The third-order valence-electron chi connectivity index (χ3n) is 2.08. The van der Waals surface area contributed by atoms with Crippen LogP contribution in [0, 0.1) is 5.82 Å². The van der Waals surface area contributed by atoms with Gasteiger partial charge in [0, 0.05) is 11.4 Å². The van der Waals surface area contributed by atoms with E-state index in [0.29, 0.717) is 5.02 Å². The standard InChI is InChI=1S/C11H13ClFNO/c1-11(2,14)10(15)6-7-5-8(12)3-4-9(7)13/h3-5H,6,14H2,1-2H3. The summed E-state index contributed by atoms with van der Waals surface area (Å²) >= 11 is 5.71. The second-order valence-corrected chi connectivity index (χ2v) is 4.49. The van der Waals surface area contributed by atoms with Crippen LogP contribution in [0.2, 0.25) is 5.02 Å². The molecule has 15 heavy (non-hydrogen) atoms. The fourth-order valence-electron chi connectivity index (χ4n) is 1.08. The summed E-state index contributed by atoms with van der Waals surface area (Å²) in [5.74, 6) is -0.652. The van der Waals surface area contributed by atoms with Crippen LogP contribution in [0.5, 0.6) is 0 Å². The number of carbonyl (C=O) groups is 1. The zero-order valence-corrected chi connectivity index (χ0v) is 9.44. The number of benzene rings is 1. The number of nitrogens with two attached hydrogens (primary N) is 1. The van der Waals surface area contributed by atoms with Crippen molar-refractivity contribution in [2.24, 2.45) is 5.73 Å². The summed E-state index contributed by atoms with van der Waals surface area (Å²) < 4.78 is 13.3. The molecule has 1 rings (SSSR count). The second kappa shape index (κ2) is 4.29. The van der Waals surface area contributed by atoms with E-state index in [2.05, 4.69) is 0 Å². The molecule has 0 bridgehead atoms. The molecule has 0 radical (unpaired) electrons. The minimum absolute atomic E-state index is 0.0319. The Morgan fingerprint density at radius 3 is 2.67 bits per heavy atom. The number of hydrogen-bond acceptors (Lipinski definition) is 2. The molecule has 0 saturated carbocycles. The maximum absolute atomic E-state index is 13.3. The molecule has 0 aliphatic heterocycles. The molecule has 0 unspecified atom stereocenters. The van der Waals surface area contributed by atoms with E-state index in [-0.39, 0.29) is 17.8 Å². The van der Waals surface area contributed by atoms with Crippen LogP contribution < -0.4 is 5.73 Å². The van der Waals surface area contributed by atoms with Crippen LogP contribution in [0.25, 0.3) is 0 Å². The minimum Gasteiger partial charge on any atom is -0.319 e. The maximum Gasteiger partial charge on any atom is 0.156 e. The Hall–Kier alpha value is -0.930. The second-order valence-electron chi connectivity index (χ2n) is 4.06. The van der Waals surface area contributed by atoms with E-state index >= 15 is 0 Å². The predicted octanol–water partition coefficient (Wildman–Crippen LogP) is 2.33. The van der Waals surface area contributed by atoms with Crippen LogP contribution in [-0.2, 0) is 11.2 Å². The summed E-state index contributed by atoms with van der Waals surface area (Å²) in [7, 11) is 0. The molecule has 0 spiro atoms. The van der Waals surface area contributed by atoms with Crippen molar-refractivity contribution in [3.63, 3.8) is 0 Å². The smallest absolute Gasteiger partial charge is 0.156 e. The van der Waals surface area contributed by atoms with Gasteiger partial charge < -0.3 is 5.73 Å². The summed E-state index contributed by atoms with van der Waals surface area (Å²) in [4.78, 5) is 11.6. The fraction of sp³-hybridized carbons (Fsp3) is 0.364. The van der Waals surface area contributed by atoms with E-state index in [9.17, 15) is 9.18 Å². The van der Waals surface area contributed by atoms with Crippen molar-refractivity contribution in [3.8, 4) is 0 Å². The third-order valence-corrected chi connectivity index (χ3v) is 2.31. The van der Waals surface area contributed by atoms with E-state index in [0.717, 1.165) is 0 Å². The average molecular weight is 230 g/mol. The lowest BCUT2D eigenvalue weighted by atomic mass is 9.95. The molecule has 1 aromatic rings. The Balaban J connectivity index is 2.90. The van der Waals surface area contributed by atoms with Gasteiger partial charge in [-0.1, -0.05) is 11.6 Å². The van der Waals surface area contributed by atoms with Crippen molar-refractivity contribution in [1.82, 2.24) is 0 Å². The molecule has 0 saturated heterocycles. The molecule has 0 amide bonds. The molecule has 0 aliphatic rings. The van der Waals surface area contributed by atoms with Crippen LogP contribution in [0.15, 0.2) is 18.2 Å². The van der Waals surface area contributed by atoms with E-state index in [4.69, 9.17) is 17.3 Å². The van der Waals surface area contributed by atoms with Crippen molar-refractivity contribution < 1.29 is 9.18 Å². The summed E-state index contributed by atoms with van der Waals surface area (Å²) in [6.07, 6.45) is -0.0319. The van der Waals surface area contributed by atoms with E-state index in [1.165, 1.54) is 18.2 Å². The maximum atomic E-state index is 13.3. The van der Waals surface area contributed by atoms with Gasteiger partial charge in [-0.05, 0) is 37.6 Å². The molecule has 0 aromatic heterocycles. The summed E-state index contributed by atoms with van der Waals surface area (Å²) in [6, 6.07) is 4.13. The largest absolute Gasteiger partial charge is 0.319 e. The summed E-state index contributed by atoms with van der Waals surface area (Å²) in [6.45, 7) is 3.19. The normalized spacial score (nSPS) is 11.5. The van der Waals surface area contributed by atoms with Crippen LogP contribution in [-0.4, -0.2) is 11.3 Å². The van der Waals surface area contributed by atoms with Crippen molar-refractivity contribution in [2.45, 2.75) is 25.8 Å². The molecule has 2 nitrogen and oxygen atoms in total. The van der Waals surface area contributed by atoms with E-state index in [1.807, 2.05) is 0 Å². The zero-order valence-electron chi connectivity index (χ0n) is 8.68. The molecular weight excluding hydrogens is 217 g/mol. The van der Waals surface area contributed by atoms with Gasteiger partial charge in [0.1, 0.15) is 5.82 Å². The van der Waals surface area contributed by atoms with Crippen molar-refractivity contribution >= 4 is 17.4 Å². The Kier molecular flexibility index (Phi) is 3.47. The average Bonchev–Trinajstić information content (AvgIpc) is 2.09. The van der Waals surface area contributed by atoms with Crippen LogP contribution in [0.4, 0.5) is 4.39 Å². The highest BCUT2D eigenvalue weighted by Gasteiger charge is 2.22. The summed E-state index contributed by atoms with van der Waals surface area (Å²) in [5.41, 5.74) is 4.94. The number of carbonyl (C=O) groups excluding carboxylic acids is 1. The number of Topliss-reactive ketones (excluding diaryl/α,β-unsaturated/α-hetero) is 1. The molecule has 0 aliphatic carbocycles. The monoisotopic (exact) mass is 229 g/mol. The molecule has 4 heteroatoms. The molecular formula is C11H13ClFNO. The molecule has 0 fully saturated rings. The zero-order chi connectivity index (χ0) is 11.6. The van der Waals surface area contributed by atoms with Crippen LogP contribution in [0.1, 0.15) is 19.4 Å². The van der Waals surface area contributed by atoms with Gasteiger partial charge in [0.2, 0.25) is 0 Å². The van der Waals surface area contributed by atoms with Crippen molar-refractivity contribution in [1.29, 1.82) is 0 Å². The lowest BCUT2D eigenvalue weighted by Gasteiger charge is -2.16. The van der Waals surface area contributed by atoms with Gasteiger partial charge in [-0.2, -0.15) is 0 Å². The van der Waals surface area contributed by atoms with Gasteiger partial charge in [-0.25, -0.2) is 4.39 Å². The Morgan fingerprint density at radius 2 is 2.13 bits per heavy atom. The molecule has 82 valence electrons. The van der Waals surface area contributed by atoms with Crippen molar-refractivity contribution in [3.05, 3.63) is 34.6 Å². The van der Waals surface area contributed by atoms with E-state index in [1.54, 1.807) is 13.8 Å². The van der Waals surface area contributed by atoms with Gasteiger partial charge in [0.15, 0.2) is 5.78 Å². The Morgan fingerprint density at radius 1 is 1.53 bits per heavy atom. The number of ketones is 1. The SMILES string of the molecule is CC(C)(N)C(=O)Cc1cc(Cl)ccc1F. The first kappa shape index (κ1) is 12.1. The summed E-state index contributed by atoms with van der Waals surface area (Å²) in [5, 5.41) is 0.411. The number of halogens is 2. The molecule has 1 aromatic carbocycles. The topological polar surface area (TPSA) is 43.1 Å². The van der Waals surface area contributed by atoms with Gasteiger partial charge in [0.05, 0.1) is 5.54 Å². The minimum atomic E-state index is -0.950. The third kappa shape index (κ3) is 3.29. The Labute approximate surface area is 93.2 Å². The Bertz CT molecular complexity index is 385. The molecule has 0 atom stereocenters. The lowest BCUT2D eigenvalue weighted by molar-refractivity contribution is -0.122. The molecule has 0 heterocycles. The van der Waals surface area contributed by atoms with Crippen LogP contribution >= 0.6 is 11.6 Å². The van der Waals surface area contributed by atoms with Gasteiger partial charge in [-0.3, -0.25) is 4.79 Å². The highest BCUT2D eigenvalue weighted by molar-refractivity contribution is 6.30. The predicted molar refractivity (Wildman–Crippen MR) is 58.4 cm³/mol. The van der Waals surface area contributed by atoms with E-state index < -0.39 is 11.4 Å². The molecule has 2 N–H and O–H groups in total. The number of rotatable bonds is 3. The lowest BCUT2D eigenvalue weighted by Crippen LogP contribution is -2.42. The van der Waals surface area contributed by atoms with Gasteiger partial charge in [0.25, 0.3) is 0 Å². The van der Waals surface area contributed by atoms with Gasteiger partial charge in [-0.15, -0.1) is 0 Å². The number of hydrogen-bond donors (Lipinski definition) is 1. The quantitative estimate of drug-likeness (QED) is 0.865. The van der Waals surface area contributed by atoms with Gasteiger partial charge >= 0.3 is 0 Å². The highest BCUT2D eigenvalue weighted by Crippen LogP contribution is 2.17. The first-order valence-electron chi connectivity index (χ1n) is 4.57. The first-order valence-corrected chi connectivity index (χ1v) is 4.94. The van der Waals surface area contributed by atoms with Crippen LogP contribution in [0.3, 0.4) is 0 Å².